The highest BCUT2D eigenvalue weighted by Gasteiger charge is 2.07. The van der Waals surface area contributed by atoms with Gasteiger partial charge in [-0.2, -0.15) is 5.26 Å². The van der Waals surface area contributed by atoms with Gasteiger partial charge in [-0.15, -0.1) is 0 Å². The zero-order valence-corrected chi connectivity index (χ0v) is 12.5. The van der Waals surface area contributed by atoms with Crippen molar-refractivity contribution >= 4 is 11.6 Å². The van der Waals surface area contributed by atoms with Gasteiger partial charge in [0.05, 0.1) is 5.02 Å². The second-order valence-corrected chi connectivity index (χ2v) is 5.26. The van der Waals surface area contributed by atoms with Crippen LogP contribution in [-0.4, -0.2) is 11.0 Å². The van der Waals surface area contributed by atoms with E-state index in [1.54, 1.807) is 12.3 Å². The highest BCUT2D eigenvalue weighted by molar-refractivity contribution is 6.32. The average Bonchev–Trinajstić information content (AvgIpc) is 2.46. The van der Waals surface area contributed by atoms with E-state index in [9.17, 15) is 0 Å². The minimum absolute atomic E-state index is 0.0846. The summed E-state index contributed by atoms with van der Waals surface area (Å²) >= 11 is 6.21. The van der Waals surface area contributed by atoms with Gasteiger partial charge in [-0.1, -0.05) is 23.7 Å². The Morgan fingerprint density at radius 3 is 2.90 bits per heavy atom. The summed E-state index contributed by atoms with van der Waals surface area (Å²) in [7, 11) is 0. The zero-order valence-electron chi connectivity index (χ0n) is 11.7. The van der Waals surface area contributed by atoms with Crippen LogP contribution in [0, 0.1) is 11.3 Å². The summed E-state index contributed by atoms with van der Waals surface area (Å²) in [4.78, 5) is 3.99. The number of benzene rings is 1. The van der Waals surface area contributed by atoms with Gasteiger partial charge in [0, 0.05) is 17.8 Å². The number of nitrogens with zero attached hydrogens (tertiary/aromatic N) is 2. The van der Waals surface area contributed by atoms with E-state index in [0.29, 0.717) is 16.5 Å². The number of hydrogen-bond donors (Lipinski definition) is 1. The molecule has 2 N–H and O–H groups in total. The Kier molecular flexibility index (Phi) is 5.15. The number of halogens is 1. The van der Waals surface area contributed by atoms with Crippen LogP contribution in [0.15, 0.2) is 36.5 Å². The monoisotopic (exact) mass is 301 g/mol. The molecule has 4 nitrogen and oxygen atoms in total. The topological polar surface area (TPSA) is 71.9 Å². The first kappa shape index (κ1) is 15.3. The van der Waals surface area contributed by atoms with Crippen molar-refractivity contribution in [2.75, 3.05) is 0 Å². The number of nitriles is 1. The second kappa shape index (κ2) is 7.07. The Morgan fingerprint density at radius 1 is 1.43 bits per heavy atom. The third kappa shape index (κ3) is 4.19. The highest BCUT2D eigenvalue weighted by atomic mass is 35.5. The van der Waals surface area contributed by atoms with E-state index in [-0.39, 0.29) is 12.6 Å². The fourth-order valence-electron chi connectivity index (χ4n) is 1.97. The summed E-state index contributed by atoms with van der Waals surface area (Å²) in [5.74, 6) is 0.581. The van der Waals surface area contributed by atoms with Gasteiger partial charge >= 0.3 is 0 Å². The second-order valence-electron chi connectivity index (χ2n) is 4.86. The number of rotatable bonds is 5. The van der Waals surface area contributed by atoms with Gasteiger partial charge in [-0.25, -0.2) is 4.98 Å². The predicted octanol–water partition coefficient (Wildman–Crippen LogP) is 3.08. The molecule has 1 atom stereocenters. The van der Waals surface area contributed by atoms with Crippen molar-refractivity contribution in [3.8, 4) is 11.8 Å². The van der Waals surface area contributed by atoms with Crippen molar-refractivity contribution in [2.45, 2.75) is 26.0 Å². The molecule has 2 aromatic rings. The van der Waals surface area contributed by atoms with Crippen molar-refractivity contribution in [3.63, 3.8) is 0 Å². The van der Waals surface area contributed by atoms with E-state index in [4.69, 9.17) is 27.3 Å². The van der Waals surface area contributed by atoms with Gasteiger partial charge in [0.1, 0.15) is 24.1 Å². The Hall–Kier alpha value is -2.09. The first-order valence-electron chi connectivity index (χ1n) is 6.61. The van der Waals surface area contributed by atoms with E-state index in [1.165, 1.54) is 0 Å². The quantitative estimate of drug-likeness (QED) is 0.921. The molecule has 0 aliphatic rings. The molecule has 1 heterocycles. The van der Waals surface area contributed by atoms with Crippen LogP contribution >= 0.6 is 11.6 Å². The molecule has 108 valence electrons. The van der Waals surface area contributed by atoms with E-state index in [2.05, 4.69) is 4.98 Å². The first-order valence-corrected chi connectivity index (χ1v) is 6.98. The summed E-state index contributed by atoms with van der Waals surface area (Å²) in [5.41, 5.74) is 7.93. The number of aromatic nitrogens is 1. The maximum absolute atomic E-state index is 8.98. The lowest BCUT2D eigenvalue weighted by molar-refractivity contribution is 0.305. The Labute approximate surface area is 129 Å². The van der Waals surface area contributed by atoms with Crippen molar-refractivity contribution < 1.29 is 4.74 Å². The maximum Gasteiger partial charge on any atom is 0.147 e. The van der Waals surface area contributed by atoms with E-state index < -0.39 is 0 Å². The first-order chi connectivity index (χ1) is 10.1. The standard InChI is InChI=1S/C16H16ClN3O/c1-11(19)7-12-4-5-16(14(17)8-12)21-10-13-3-2-6-20-15(13)9-18/h2-6,8,11H,7,10,19H2,1H3. The van der Waals surface area contributed by atoms with Gasteiger partial charge in [-0.3, -0.25) is 0 Å². The Balaban J connectivity index is 2.08. The van der Waals surface area contributed by atoms with Crippen LogP contribution in [0.3, 0.4) is 0 Å². The van der Waals surface area contributed by atoms with Crippen molar-refractivity contribution in [3.05, 3.63) is 58.4 Å². The molecule has 0 bridgehead atoms. The normalized spacial score (nSPS) is 11.7. The summed E-state index contributed by atoms with van der Waals surface area (Å²) in [6.45, 7) is 2.20. The SMILES string of the molecule is CC(N)Cc1ccc(OCc2cccnc2C#N)c(Cl)c1. The number of nitrogens with two attached hydrogens (primary N) is 1. The fraction of sp³-hybridized carbons (Fsp3) is 0.250. The third-order valence-corrected chi connectivity index (χ3v) is 3.23. The van der Waals surface area contributed by atoms with E-state index in [0.717, 1.165) is 17.5 Å². The number of pyridine rings is 1. The molecule has 1 aromatic heterocycles. The molecule has 0 spiro atoms. The number of hydrogen-bond acceptors (Lipinski definition) is 4. The third-order valence-electron chi connectivity index (χ3n) is 2.93. The van der Waals surface area contributed by atoms with E-state index >= 15 is 0 Å². The van der Waals surface area contributed by atoms with Crippen molar-refractivity contribution in [1.29, 1.82) is 5.26 Å². The van der Waals surface area contributed by atoms with Crippen molar-refractivity contribution in [2.24, 2.45) is 5.73 Å². The molecule has 1 aromatic carbocycles. The summed E-state index contributed by atoms with van der Waals surface area (Å²) < 4.78 is 5.67. The lowest BCUT2D eigenvalue weighted by atomic mass is 10.1. The summed E-state index contributed by atoms with van der Waals surface area (Å²) in [6, 6.07) is 11.3. The van der Waals surface area contributed by atoms with Gasteiger partial charge < -0.3 is 10.5 Å². The average molecular weight is 302 g/mol. The van der Waals surface area contributed by atoms with Crippen molar-refractivity contribution in [1.82, 2.24) is 4.98 Å². The molecule has 0 aliphatic carbocycles. The van der Waals surface area contributed by atoms with Gasteiger partial charge in [0.25, 0.3) is 0 Å². The van der Waals surface area contributed by atoms with Crippen LogP contribution in [0.25, 0.3) is 0 Å². The Bertz CT molecular complexity index is 665. The predicted molar refractivity (Wildman–Crippen MR) is 82.1 cm³/mol. The molecule has 0 saturated carbocycles. The molecule has 21 heavy (non-hydrogen) atoms. The van der Waals surface area contributed by atoms with Gasteiger partial charge in [-0.05, 0) is 37.1 Å². The summed E-state index contributed by atoms with van der Waals surface area (Å²) in [6.07, 6.45) is 2.35. The van der Waals surface area contributed by atoms with Crippen LogP contribution in [0.5, 0.6) is 5.75 Å². The van der Waals surface area contributed by atoms with Crippen LogP contribution in [0.2, 0.25) is 5.02 Å². The molecule has 2 rings (SSSR count). The molecule has 0 amide bonds. The zero-order chi connectivity index (χ0) is 15.2. The molecule has 0 fully saturated rings. The smallest absolute Gasteiger partial charge is 0.147 e. The lowest BCUT2D eigenvalue weighted by Gasteiger charge is -2.11. The van der Waals surface area contributed by atoms with Crippen LogP contribution in [-0.2, 0) is 13.0 Å². The van der Waals surface area contributed by atoms with Gasteiger partial charge in [0.15, 0.2) is 0 Å². The lowest BCUT2D eigenvalue weighted by Crippen LogP contribution is -2.17. The summed E-state index contributed by atoms with van der Waals surface area (Å²) in [5, 5.41) is 9.52. The molecule has 0 radical (unpaired) electrons. The largest absolute Gasteiger partial charge is 0.487 e. The molecule has 0 saturated heterocycles. The van der Waals surface area contributed by atoms with Gasteiger partial charge in [0.2, 0.25) is 0 Å². The van der Waals surface area contributed by atoms with E-state index in [1.807, 2.05) is 37.3 Å². The highest BCUT2D eigenvalue weighted by Crippen LogP contribution is 2.27. The number of ether oxygens (including phenoxy) is 1. The van der Waals surface area contributed by atoms with Crippen LogP contribution in [0.4, 0.5) is 0 Å². The fourth-order valence-corrected chi connectivity index (χ4v) is 2.23. The molecule has 1 unspecified atom stereocenters. The van der Waals surface area contributed by atoms with Crippen LogP contribution < -0.4 is 10.5 Å². The molecular weight excluding hydrogens is 286 g/mol. The minimum atomic E-state index is 0.0846. The molecule has 0 aliphatic heterocycles. The Morgan fingerprint density at radius 2 is 2.24 bits per heavy atom. The minimum Gasteiger partial charge on any atom is -0.487 e. The molecule has 5 heteroatoms. The molecular formula is C16H16ClN3O. The van der Waals surface area contributed by atoms with Crippen LogP contribution in [0.1, 0.15) is 23.7 Å². The maximum atomic E-state index is 8.98.